The summed E-state index contributed by atoms with van der Waals surface area (Å²) in [6.07, 6.45) is -4.64. The van der Waals surface area contributed by atoms with Gasteiger partial charge in [0.15, 0.2) is 5.69 Å². The van der Waals surface area contributed by atoms with Crippen LogP contribution in [0.2, 0.25) is 0 Å². The van der Waals surface area contributed by atoms with Gasteiger partial charge in [-0.05, 0) is 24.3 Å². The van der Waals surface area contributed by atoms with E-state index in [1.807, 2.05) is 0 Å². The summed E-state index contributed by atoms with van der Waals surface area (Å²) in [5, 5.41) is 6.86. The van der Waals surface area contributed by atoms with Crippen molar-refractivity contribution in [3.8, 4) is 5.69 Å². The fourth-order valence-corrected chi connectivity index (χ4v) is 1.68. The summed E-state index contributed by atoms with van der Waals surface area (Å²) in [4.78, 5) is 10.9. The predicted molar refractivity (Wildman–Crippen MR) is 62.8 cm³/mol. The number of alkyl halides is 3. The number of halogens is 3. The van der Waals surface area contributed by atoms with Crippen molar-refractivity contribution in [2.24, 2.45) is 11.5 Å². The van der Waals surface area contributed by atoms with E-state index in [1.165, 1.54) is 24.3 Å². The van der Waals surface area contributed by atoms with E-state index in [0.717, 1.165) is 0 Å². The van der Waals surface area contributed by atoms with Crippen LogP contribution in [-0.2, 0) is 12.7 Å². The highest BCUT2D eigenvalue weighted by atomic mass is 19.4. The average molecular weight is 285 g/mol. The number of benzene rings is 1. The summed E-state index contributed by atoms with van der Waals surface area (Å²) < 4.78 is 39.6. The van der Waals surface area contributed by atoms with Gasteiger partial charge in [-0.25, -0.2) is 4.68 Å². The molecule has 106 valence electrons. The van der Waals surface area contributed by atoms with Crippen molar-refractivity contribution in [2.75, 3.05) is 0 Å². The van der Waals surface area contributed by atoms with Crippen molar-refractivity contribution in [1.29, 1.82) is 0 Å². The van der Waals surface area contributed by atoms with E-state index in [0.29, 0.717) is 4.68 Å². The first-order valence-corrected chi connectivity index (χ1v) is 5.46. The van der Waals surface area contributed by atoms with E-state index in [-0.39, 0.29) is 23.5 Å². The number of hydrogen-bond donors (Lipinski definition) is 2. The van der Waals surface area contributed by atoms with Crippen molar-refractivity contribution >= 4 is 5.91 Å². The van der Waals surface area contributed by atoms with E-state index in [1.54, 1.807) is 0 Å². The number of amides is 1. The summed E-state index contributed by atoms with van der Waals surface area (Å²) in [7, 11) is 0. The van der Waals surface area contributed by atoms with Crippen LogP contribution in [0, 0.1) is 0 Å². The first kappa shape index (κ1) is 14.0. The van der Waals surface area contributed by atoms with Gasteiger partial charge in [0.25, 0.3) is 0 Å². The third-order valence-corrected chi connectivity index (χ3v) is 2.60. The minimum Gasteiger partial charge on any atom is -0.366 e. The molecule has 0 aliphatic rings. The number of carbonyl (C=O) groups excluding carboxylic acids is 1. The zero-order chi connectivity index (χ0) is 14.9. The monoisotopic (exact) mass is 285 g/mol. The Hall–Kier alpha value is -2.42. The van der Waals surface area contributed by atoms with Crippen LogP contribution in [0.5, 0.6) is 0 Å². The fourth-order valence-electron chi connectivity index (χ4n) is 1.68. The van der Waals surface area contributed by atoms with Crippen LogP contribution in [0.25, 0.3) is 5.69 Å². The number of carbonyl (C=O) groups is 1. The van der Waals surface area contributed by atoms with Crippen LogP contribution >= 0.6 is 0 Å². The average Bonchev–Trinajstić information content (AvgIpc) is 2.82. The van der Waals surface area contributed by atoms with E-state index in [9.17, 15) is 18.0 Å². The fraction of sp³-hybridized carbons (Fsp3) is 0.182. The van der Waals surface area contributed by atoms with Crippen LogP contribution in [0.4, 0.5) is 13.2 Å². The number of nitrogens with zero attached hydrogens (tertiary/aromatic N) is 3. The van der Waals surface area contributed by atoms with Gasteiger partial charge in [0, 0.05) is 12.1 Å². The Bertz CT molecular complexity index is 632. The minimum atomic E-state index is -4.64. The lowest BCUT2D eigenvalue weighted by Crippen LogP contribution is -2.17. The van der Waals surface area contributed by atoms with Gasteiger partial charge in [0.05, 0.1) is 5.69 Å². The van der Waals surface area contributed by atoms with Gasteiger partial charge < -0.3 is 11.5 Å². The highest BCUT2D eigenvalue weighted by Gasteiger charge is 2.39. The Morgan fingerprint density at radius 3 is 2.30 bits per heavy atom. The van der Waals surface area contributed by atoms with Crippen molar-refractivity contribution in [3.05, 3.63) is 41.2 Å². The molecule has 4 N–H and O–H groups in total. The third kappa shape index (κ3) is 2.48. The molecule has 1 heterocycles. The Morgan fingerprint density at radius 2 is 1.85 bits per heavy atom. The molecule has 0 bridgehead atoms. The molecule has 0 fully saturated rings. The molecule has 0 aliphatic heterocycles. The second-order valence-electron chi connectivity index (χ2n) is 3.91. The molecule has 2 rings (SSSR count). The molecule has 9 heteroatoms. The van der Waals surface area contributed by atoms with Crippen molar-refractivity contribution < 1.29 is 18.0 Å². The molecular weight excluding hydrogens is 275 g/mol. The van der Waals surface area contributed by atoms with Crippen LogP contribution < -0.4 is 11.5 Å². The second kappa shape index (κ2) is 4.93. The maximum Gasteiger partial charge on any atom is 0.435 e. The summed E-state index contributed by atoms with van der Waals surface area (Å²) in [5.41, 5.74) is 9.18. The van der Waals surface area contributed by atoms with E-state index in [2.05, 4.69) is 10.3 Å². The quantitative estimate of drug-likeness (QED) is 0.872. The lowest BCUT2D eigenvalue weighted by atomic mass is 10.2. The summed E-state index contributed by atoms with van der Waals surface area (Å²) in [6.45, 7) is -0.381. The summed E-state index contributed by atoms with van der Waals surface area (Å²) in [6, 6.07) is 5.21. The van der Waals surface area contributed by atoms with Crippen LogP contribution in [0.3, 0.4) is 0 Å². The van der Waals surface area contributed by atoms with Crippen LogP contribution in [-0.4, -0.2) is 20.9 Å². The smallest absolute Gasteiger partial charge is 0.366 e. The number of aromatic nitrogens is 3. The highest BCUT2D eigenvalue weighted by molar-refractivity contribution is 5.92. The lowest BCUT2D eigenvalue weighted by Gasteiger charge is -2.10. The molecule has 0 radical (unpaired) electrons. The topological polar surface area (TPSA) is 99.8 Å². The highest BCUT2D eigenvalue weighted by Crippen LogP contribution is 2.32. The van der Waals surface area contributed by atoms with Gasteiger partial charge in [-0.15, -0.1) is 5.10 Å². The number of primary amides is 1. The Balaban J connectivity index is 2.53. The zero-order valence-corrected chi connectivity index (χ0v) is 10.1. The number of nitrogens with two attached hydrogens (primary N) is 2. The summed E-state index contributed by atoms with van der Waals surface area (Å²) in [5.74, 6) is -0.672. The van der Waals surface area contributed by atoms with Gasteiger partial charge >= 0.3 is 6.18 Å². The molecule has 1 amide bonds. The van der Waals surface area contributed by atoms with Gasteiger partial charge in [-0.1, -0.05) is 5.21 Å². The van der Waals surface area contributed by atoms with Gasteiger partial charge in [0.1, 0.15) is 5.69 Å². The molecule has 1 aromatic heterocycles. The van der Waals surface area contributed by atoms with Gasteiger partial charge in [-0.2, -0.15) is 13.2 Å². The van der Waals surface area contributed by atoms with E-state index in [4.69, 9.17) is 11.5 Å². The van der Waals surface area contributed by atoms with Gasteiger partial charge in [0.2, 0.25) is 5.91 Å². The van der Waals surface area contributed by atoms with Gasteiger partial charge in [-0.3, -0.25) is 4.79 Å². The molecule has 0 unspecified atom stereocenters. The number of rotatable bonds is 3. The molecule has 1 aromatic carbocycles. The zero-order valence-electron chi connectivity index (χ0n) is 10.1. The maximum absolute atomic E-state index is 13.0. The Kier molecular flexibility index (Phi) is 3.45. The summed E-state index contributed by atoms with van der Waals surface area (Å²) >= 11 is 0. The van der Waals surface area contributed by atoms with Crippen LogP contribution in [0.1, 0.15) is 21.7 Å². The maximum atomic E-state index is 13.0. The predicted octanol–water partition coefficient (Wildman–Crippen LogP) is 0.844. The molecule has 6 nitrogen and oxygen atoms in total. The Labute approximate surface area is 111 Å². The lowest BCUT2D eigenvalue weighted by molar-refractivity contribution is -0.143. The molecule has 0 spiro atoms. The molecule has 0 atom stereocenters. The minimum absolute atomic E-state index is 0.106. The molecule has 0 saturated carbocycles. The SMILES string of the molecule is NCc1nnn(-c2ccc(C(N)=O)cc2)c1C(F)(F)F. The van der Waals surface area contributed by atoms with Crippen molar-refractivity contribution in [2.45, 2.75) is 12.7 Å². The molecule has 20 heavy (non-hydrogen) atoms. The largest absolute Gasteiger partial charge is 0.435 e. The molecule has 0 saturated heterocycles. The van der Waals surface area contributed by atoms with Crippen molar-refractivity contribution in [1.82, 2.24) is 15.0 Å². The normalized spacial score (nSPS) is 11.6. The van der Waals surface area contributed by atoms with E-state index >= 15 is 0 Å². The Morgan fingerprint density at radius 1 is 1.25 bits per heavy atom. The molecule has 2 aromatic rings. The van der Waals surface area contributed by atoms with Crippen LogP contribution in [0.15, 0.2) is 24.3 Å². The third-order valence-electron chi connectivity index (χ3n) is 2.60. The van der Waals surface area contributed by atoms with E-state index < -0.39 is 17.8 Å². The molecule has 0 aliphatic carbocycles. The van der Waals surface area contributed by atoms with Crippen molar-refractivity contribution in [3.63, 3.8) is 0 Å². The standard InChI is InChI=1S/C11H10F3N5O/c12-11(13,14)9-8(5-15)17-18-19(9)7-3-1-6(2-4-7)10(16)20/h1-4H,5,15H2,(H2,16,20). The second-order valence-corrected chi connectivity index (χ2v) is 3.91. The molecular formula is C11H10F3N5O. The first-order valence-electron chi connectivity index (χ1n) is 5.46. The number of hydrogen-bond acceptors (Lipinski definition) is 4. The first-order chi connectivity index (χ1) is 9.34.